The van der Waals surface area contributed by atoms with E-state index in [4.69, 9.17) is 0 Å². The van der Waals surface area contributed by atoms with Crippen molar-refractivity contribution in [2.45, 2.75) is 6.54 Å². The summed E-state index contributed by atoms with van der Waals surface area (Å²) >= 11 is 0. The number of rotatable bonds is 4. The van der Waals surface area contributed by atoms with Crippen LogP contribution < -0.4 is 4.90 Å². The van der Waals surface area contributed by atoms with Crippen molar-refractivity contribution in [3.63, 3.8) is 0 Å². The smallest absolute Gasteiger partial charge is 0.0494 e. The first-order chi connectivity index (χ1) is 18.8. The van der Waals surface area contributed by atoms with Crippen LogP contribution in [0.4, 0.5) is 11.4 Å². The fourth-order valence-corrected chi connectivity index (χ4v) is 5.52. The predicted molar refractivity (Wildman–Crippen MR) is 160 cm³/mol. The fraction of sp³-hybridized carbons (Fsp3) is 0.0270. The van der Waals surface area contributed by atoms with E-state index in [0.29, 0.717) is 0 Å². The maximum Gasteiger partial charge on any atom is 0.0494 e. The standard InChI is InChI=1S/C37H27N/c1-4-10-27(11-5-1)30-18-21-34(22-19-30)38-26-33-17-16-31(28-12-6-2-7-13-28)24-35(33)36-25-32(20-23-37(36)38)29-14-8-3-9-15-29/h1-25H,26H2. The highest BCUT2D eigenvalue weighted by Gasteiger charge is 2.24. The zero-order chi connectivity index (χ0) is 25.3. The summed E-state index contributed by atoms with van der Waals surface area (Å²) in [6, 6.07) is 54.7. The van der Waals surface area contributed by atoms with Crippen molar-refractivity contribution in [1.82, 2.24) is 0 Å². The minimum atomic E-state index is 0.840. The molecule has 1 nitrogen and oxygen atoms in total. The maximum absolute atomic E-state index is 2.45. The third-order valence-corrected chi connectivity index (χ3v) is 7.52. The molecule has 1 aliphatic rings. The predicted octanol–water partition coefficient (Wildman–Crippen LogP) is 10.0. The summed E-state index contributed by atoms with van der Waals surface area (Å²) in [5.74, 6) is 0. The maximum atomic E-state index is 2.45. The second-order valence-electron chi connectivity index (χ2n) is 9.83. The molecule has 38 heavy (non-hydrogen) atoms. The third-order valence-electron chi connectivity index (χ3n) is 7.52. The van der Waals surface area contributed by atoms with Gasteiger partial charge in [0, 0.05) is 23.5 Å². The van der Waals surface area contributed by atoms with E-state index in [9.17, 15) is 0 Å². The Morgan fingerprint density at radius 1 is 0.368 bits per heavy atom. The largest absolute Gasteiger partial charge is 0.336 e. The highest BCUT2D eigenvalue weighted by Crippen LogP contribution is 2.45. The molecular formula is C37H27N. The minimum Gasteiger partial charge on any atom is -0.336 e. The van der Waals surface area contributed by atoms with Gasteiger partial charge in [0.1, 0.15) is 0 Å². The van der Waals surface area contributed by atoms with Gasteiger partial charge in [0.25, 0.3) is 0 Å². The zero-order valence-corrected chi connectivity index (χ0v) is 21.1. The average molecular weight is 486 g/mol. The lowest BCUT2D eigenvalue weighted by atomic mass is 9.88. The van der Waals surface area contributed by atoms with Crippen LogP contribution in [0.2, 0.25) is 0 Å². The van der Waals surface area contributed by atoms with E-state index in [1.807, 2.05) is 0 Å². The van der Waals surface area contributed by atoms with Gasteiger partial charge in [-0.15, -0.1) is 0 Å². The molecule has 180 valence electrons. The van der Waals surface area contributed by atoms with Crippen LogP contribution in [0, 0.1) is 0 Å². The van der Waals surface area contributed by atoms with E-state index in [-0.39, 0.29) is 0 Å². The fourth-order valence-electron chi connectivity index (χ4n) is 5.52. The highest BCUT2D eigenvalue weighted by atomic mass is 15.1. The van der Waals surface area contributed by atoms with Crippen molar-refractivity contribution in [2.24, 2.45) is 0 Å². The molecule has 0 aromatic heterocycles. The molecule has 0 fully saturated rings. The lowest BCUT2D eigenvalue weighted by Crippen LogP contribution is -2.21. The van der Waals surface area contributed by atoms with E-state index >= 15 is 0 Å². The average Bonchev–Trinajstić information content (AvgIpc) is 3.01. The molecule has 0 saturated carbocycles. The third kappa shape index (κ3) is 4.09. The molecule has 0 unspecified atom stereocenters. The minimum absolute atomic E-state index is 0.840. The Labute approximate surface area is 224 Å². The summed E-state index contributed by atoms with van der Waals surface area (Å²) in [5, 5.41) is 0. The number of nitrogens with zero attached hydrogens (tertiary/aromatic N) is 1. The van der Waals surface area contributed by atoms with Crippen LogP contribution in [0.25, 0.3) is 44.5 Å². The molecular weight excluding hydrogens is 458 g/mol. The van der Waals surface area contributed by atoms with Crippen LogP contribution in [0.1, 0.15) is 5.56 Å². The molecule has 0 amide bonds. The van der Waals surface area contributed by atoms with Gasteiger partial charge in [-0.25, -0.2) is 0 Å². The normalized spacial score (nSPS) is 12.1. The SMILES string of the molecule is c1ccc(-c2ccc(N3Cc4ccc(-c5ccccc5)cc4-c4cc(-c5ccccc5)ccc43)cc2)cc1. The van der Waals surface area contributed by atoms with Crippen LogP contribution in [0.3, 0.4) is 0 Å². The summed E-state index contributed by atoms with van der Waals surface area (Å²) < 4.78 is 0. The summed E-state index contributed by atoms with van der Waals surface area (Å²) in [6.07, 6.45) is 0. The quantitative estimate of drug-likeness (QED) is 0.240. The zero-order valence-electron chi connectivity index (χ0n) is 21.1. The molecule has 7 rings (SSSR count). The van der Waals surface area contributed by atoms with Crippen LogP contribution >= 0.6 is 0 Å². The number of anilines is 2. The summed E-state index contributed by atoms with van der Waals surface area (Å²) in [6.45, 7) is 0.840. The second kappa shape index (κ2) is 9.53. The van der Waals surface area contributed by atoms with Gasteiger partial charge in [0.2, 0.25) is 0 Å². The molecule has 0 N–H and O–H groups in total. The van der Waals surface area contributed by atoms with Crippen molar-refractivity contribution < 1.29 is 0 Å². The van der Waals surface area contributed by atoms with E-state index < -0.39 is 0 Å². The van der Waals surface area contributed by atoms with Crippen molar-refractivity contribution in [3.8, 4) is 44.5 Å². The molecule has 6 aromatic carbocycles. The Morgan fingerprint density at radius 2 is 0.816 bits per heavy atom. The summed E-state index contributed by atoms with van der Waals surface area (Å²) in [4.78, 5) is 2.45. The first-order valence-corrected chi connectivity index (χ1v) is 13.1. The van der Waals surface area contributed by atoms with Crippen LogP contribution in [-0.2, 0) is 6.54 Å². The van der Waals surface area contributed by atoms with Crippen LogP contribution in [-0.4, -0.2) is 0 Å². The topological polar surface area (TPSA) is 3.24 Å². The molecule has 1 aliphatic heterocycles. The van der Waals surface area contributed by atoms with E-state index in [1.54, 1.807) is 0 Å². The van der Waals surface area contributed by atoms with E-state index in [1.165, 1.54) is 61.4 Å². The van der Waals surface area contributed by atoms with Crippen molar-refractivity contribution >= 4 is 11.4 Å². The molecule has 0 saturated heterocycles. The lowest BCUT2D eigenvalue weighted by molar-refractivity contribution is 0.961. The van der Waals surface area contributed by atoms with Gasteiger partial charge in [-0.05, 0) is 74.8 Å². The number of benzene rings is 6. The van der Waals surface area contributed by atoms with Crippen molar-refractivity contribution in [2.75, 3.05) is 4.90 Å². The highest BCUT2D eigenvalue weighted by molar-refractivity contribution is 5.92. The molecule has 1 heterocycles. The Balaban J connectivity index is 1.35. The Hall–Kier alpha value is -4.88. The first-order valence-electron chi connectivity index (χ1n) is 13.1. The molecule has 0 aliphatic carbocycles. The van der Waals surface area contributed by atoms with Crippen LogP contribution in [0.15, 0.2) is 152 Å². The van der Waals surface area contributed by atoms with Crippen molar-refractivity contribution in [3.05, 3.63) is 157 Å². The monoisotopic (exact) mass is 485 g/mol. The molecule has 0 bridgehead atoms. The second-order valence-corrected chi connectivity index (χ2v) is 9.83. The Bertz CT molecular complexity index is 1700. The van der Waals surface area contributed by atoms with Gasteiger partial charge >= 0.3 is 0 Å². The van der Waals surface area contributed by atoms with Gasteiger partial charge in [0.05, 0.1) is 0 Å². The Kier molecular flexibility index (Phi) is 5.60. The molecule has 0 spiro atoms. The van der Waals surface area contributed by atoms with Gasteiger partial charge in [-0.3, -0.25) is 0 Å². The number of fused-ring (bicyclic) bond motifs is 3. The summed E-state index contributed by atoms with van der Waals surface area (Å²) in [7, 11) is 0. The van der Waals surface area contributed by atoms with E-state index in [2.05, 4.69) is 157 Å². The number of hydrogen-bond donors (Lipinski definition) is 0. The van der Waals surface area contributed by atoms with Gasteiger partial charge in [0.15, 0.2) is 0 Å². The van der Waals surface area contributed by atoms with Gasteiger partial charge in [-0.2, -0.15) is 0 Å². The molecule has 0 radical (unpaired) electrons. The Morgan fingerprint density at radius 3 is 1.39 bits per heavy atom. The molecule has 6 aromatic rings. The number of hydrogen-bond acceptors (Lipinski definition) is 1. The van der Waals surface area contributed by atoms with E-state index in [0.717, 1.165) is 6.54 Å². The lowest BCUT2D eigenvalue weighted by Gasteiger charge is -2.34. The molecule has 1 heteroatoms. The summed E-state index contributed by atoms with van der Waals surface area (Å²) in [5.41, 5.74) is 13.8. The first kappa shape index (κ1) is 22.3. The van der Waals surface area contributed by atoms with Gasteiger partial charge in [-0.1, -0.05) is 121 Å². The van der Waals surface area contributed by atoms with Crippen LogP contribution in [0.5, 0.6) is 0 Å². The van der Waals surface area contributed by atoms with Crippen molar-refractivity contribution in [1.29, 1.82) is 0 Å². The van der Waals surface area contributed by atoms with Gasteiger partial charge < -0.3 is 4.90 Å². The molecule has 0 atom stereocenters.